The lowest BCUT2D eigenvalue weighted by molar-refractivity contribution is -0.120. The lowest BCUT2D eigenvalue weighted by Crippen LogP contribution is -2.24. The van der Waals surface area contributed by atoms with Gasteiger partial charge >= 0.3 is 0 Å². The minimum absolute atomic E-state index is 0.151. The first-order valence-corrected chi connectivity index (χ1v) is 7.43. The van der Waals surface area contributed by atoms with Crippen LogP contribution in [-0.2, 0) is 4.79 Å². The predicted molar refractivity (Wildman–Crippen MR) is 80.9 cm³/mol. The number of rotatable bonds is 3. The smallest absolute Gasteiger partial charge is 0.227 e. The fourth-order valence-electron chi connectivity index (χ4n) is 2.35. The Morgan fingerprint density at radius 1 is 1.33 bits per heavy atom. The third-order valence-electron chi connectivity index (χ3n) is 3.39. The molecule has 1 N–H and O–H groups in total. The number of benzene rings is 1. The van der Waals surface area contributed by atoms with Crippen LogP contribution in [0.5, 0.6) is 5.75 Å². The molecule has 2 rings (SSSR count). The first-order chi connectivity index (χ1) is 8.70. The highest BCUT2D eigenvalue weighted by Crippen LogP contribution is 2.27. The molecule has 0 spiro atoms. The van der Waals surface area contributed by atoms with Crippen LogP contribution in [0.3, 0.4) is 0 Å². The molecular formula is C14H18INO2. The summed E-state index contributed by atoms with van der Waals surface area (Å²) in [5.41, 5.74) is 0.822. The van der Waals surface area contributed by atoms with Gasteiger partial charge in [0.1, 0.15) is 5.75 Å². The van der Waals surface area contributed by atoms with E-state index < -0.39 is 0 Å². The normalized spacial score (nSPS) is 16.3. The number of halogens is 1. The molecule has 0 bridgehead atoms. The van der Waals surface area contributed by atoms with E-state index in [-0.39, 0.29) is 11.8 Å². The minimum Gasteiger partial charge on any atom is -0.496 e. The molecule has 4 heteroatoms. The van der Waals surface area contributed by atoms with Gasteiger partial charge in [-0.25, -0.2) is 0 Å². The molecule has 0 heterocycles. The second-order valence-corrected chi connectivity index (χ2v) is 5.84. The van der Waals surface area contributed by atoms with Crippen molar-refractivity contribution in [2.75, 3.05) is 12.4 Å². The third-order valence-corrected chi connectivity index (χ3v) is 4.29. The van der Waals surface area contributed by atoms with E-state index in [1.54, 1.807) is 7.11 Å². The van der Waals surface area contributed by atoms with Gasteiger partial charge in [0.15, 0.2) is 0 Å². The standard InChI is InChI=1S/C14H18INO2/c1-18-13-9-11(7-8-12(13)15)16-14(17)10-5-3-2-4-6-10/h7-10H,2-6H2,1H3,(H,16,17). The Kier molecular flexibility index (Phi) is 4.86. The molecule has 1 aromatic rings. The van der Waals surface area contributed by atoms with Gasteiger partial charge in [-0.05, 0) is 47.6 Å². The van der Waals surface area contributed by atoms with Crippen LogP contribution < -0.4 is 10.1 Å². The molecule has 1 aromatic carbocycles. The van der Waals surface area contributed by atoms with Crippen molar-refractivity contribution >= 4 is 34.2 Å². The fraction of sp³-hybridized carbons (Fsp3) is 0.500. The van der Waals surface area contributed by atoms with Crippen molar-refractivity contribution in [2.45, 2.75) is 32.1 Å². The second-order valence-electron chi connectivity index (χ2n) is 4.67. The highest BCUT2D eigenvalue weighted by Gasteiger charge is 2.21. The van der Waals surface area contributed by atoms with Crippen LogP contribution in [0.15, 0.2) is 18.2 Å². The van der Waals surface area contributed by atoms with E-state index in [4.69, 9.17) is 4.74 Å². The number of carbonyl (C=O) groups is 1. The minimum atomic E-state index is 0.151. The lowest BCUT2D eigenvalue weighted by Gasteiger charge is -2.20. The number of anilines is 1. The maximum Gasteiger partial charge on any atom is 0.227 e. The maximum absolute atomic E-state index is 12.1. The Bertz CT molecular complexity index is 428. The summed E-state index contributed by atoms with van der Waals surface area (Å²) in [6.07, 6.45) is 5.66. The molecule has 0 radical (unpaired) electrons. The highest BCUT2D eigenvalue weighted by atomic mass is 127. The van der Waals surface area contributed by atoms with Gasteiger partial charge < -0.3 is 10.1 Å². The summed E-state index contributed by atoms with van der Waals surface area (Å²) in [7, 11) is 1.64. The summed E-state index contributed by atoms with van der Waals surface area (Å²) >= 11 is 2.22. The van der Waals surface area contributed by atoms with Crippen molar-refractivity contribution in [1.82, 2.24) is 0 Å². The van der Waals surface area contributed by atoms with Crippen molar-refractivity contribution in [2.24, 2.45) is 5.92 Å². The SMILES string of the molecule is COc1cc(NC(=O)C2CCCCC2)ccc1I. The van der Waals surface area contributed by atoms with E-state index in [0.29, 0.717) is 0 Å². The second kappa shape index (κ2) is 6.41. The largest absolute Gasteiger partial charge is 0.496 e. The summed E-state index contributed by atoms with van der Waals surface area (Å²) in [5.74, 6) is 1.14. The molecule has 0 atom stereocenters. The zero-order valence-electron chi connectivity index (χ0n) is 10.5. The van der Waals surface area contributed by atoms with Crippen molar-refractivity contribution < 1.29 is 9.53 Å². The summed E-state index contributed by atoms with van der Waals surface area (Å²) < 4.78 is 6.30. The lowest BCUT2D eigenvalue weighted by atomic mass is 9.88. The molecule has 0 aromatic heterocycles. The Morgan fingerprint density at radius 3 is 2.72 bits per heavy atom. The summed E-state index contributed by atoms with van der Waals surface area (Å²) in [5, 5.41) is 2.99. The first-order valence-electron chi connectivity index (χ1n) is 6.35. The van der Waals surface area contributed by atoms with E-state index in [2.05, 4.69) is 27.9 Å². The van der Waals surface area contributed by atoms with E-state index in [9.17, 15) is 4.79 Å². The Balaban J connectivity index is 2.02. The van der Waals surface area contributed by atoms with E-state index >= 15 is 0 Å². The summed E-state index contributed by atoms with van der Waals surface area (Å²) in [6, 6.07) is 5.75. The molecule has 1 amide bonds. The Labute approximate surface area is 121 Å². The average molecular weight is 359 g/mol. The predicted octanol–water partition coefficient (Wildman–Crippen LogP) is 3.82. The zero-order valence-corrected chi connectivity index (χ0v) is 12.7. The van der Waals surface area contributed by atoms with Gasteiger partial charge in [-0.3, -0.25) is 4.79 Å². The molecular weight excluding hydrogens is 341 g/mol. The van der Waals surface area contributed by atoms with Gasteiger partial charge in [0.25, 0.3) is 0 Å². The van der Waals surface area contributed by atoms with Crippen LogP contribution in [-0.4, -0.2) is 13.0 Å². The molecule has 1 fully saturated rings. The molecule has 0 aliphatic heterocycles. The monoisotopic (exact) mass is 359 g/mol. The molecule has 18 heavy (non-hydrogen) atoms. The number of carbonyl (C=O) groups excluding carboxylic acids is 1. The molecule has 0 unspecified atom stereocenters. The number of hydrogen-bond donors (Lipinski definition) is 1. The van der Waals surface area contributed by atoms with Gasteiger partial charge in [-0.2, -0.15) is 0 Å². The number of ether oxygens (including phenoxy) is 1. The number of amides is 1. The van der Waals surface area contributed by atoms with Crippen LogP contribution >= 0.6 is 22.6 Å². The van der Waals surface area contributed by atoms with Crippen LogP contribution in [0.4, 0.5) is 5.69 Å². The molecule has 3 nitrogen and oxygen atoms in total. The topological polar surface area (TPSA) is 38.3 Å². The summed E-state index contributed by atoms with van der Waals surface area (Å²) in [4.78, 5) is 12.1. The fourth-order valence-corrected chi connectivity index (χ4v) is 2.90. The van der Waals surface area contributed by atoms with E-state index in [1.807, 2.05) is 18.2 Å². The molecule has 98 valence electrons. The van der Waals surface area contributed by atoms with Crippen LogP contribution in [0.25, 0.3) is 0 Å². The van der Waals surface area contributed by atoms with Gasteiger partial charge in [0, 0.05) is 17.7 Å². The van der Waals surface area contributed by atoms with E-state index in [1.165, 1.54) is 19.3 Å². The number of methoxy groups -OCH3 is 1. The quantitative estimate of drug-likeness (QED) is 0.834. The van der Waals surface area contributed by atoms with Crippen LogP contribution in [0.2, 0.25) is 0 Å². The molecule has 1 saturated carbocycles. The molecule has 1 aliphatic carbocycles. The molecule has 1 aliphatic rings. The van der Waals surface area contributed by atoms with Crippen molar-refractivity contribution in [3.8, 4) is 5.75 Å². The third kappa shape index (κ3) is 3.37. The number of nitrogens with one attached hydrogen (secondary N) is 1. The summed E-state index contributed by atoms with van der Waals surface area (Å²) in [6.45, 7) is 0. The van der Waals surface area contributed by atoms with Crippen molar-refractivity contribution in [1.29, 1.82) is 0 Å². The Morgan fingerprint density at radius 2 is 2.06 bits per heavy atom. The van der Waals surface area contributed by atoms with Gasteiger partial charge in [-0.1, -0.05) is 19.3 Å². The van der Waals surface area contributed by atoms with Gasteiger partial charge in [0.05, 0.1) is 10.7 Å². The van der Waals surface area contributed by atoms with Gasteiger partial charge in [0.2, 0.25) is 5.91 Å². The van der Waals surface area contributed by atoms with E-state index in [0.717, 1.165) is 27.8 Å². The van der Waals surface area contributed by atoms with Crippen LogP contribution in [0, 0.1) is 9.49 Å². The average Bonchev–Trinajstić information content (AvgIpc) is 2.42. The van der Waals surface area contributed by atoms with Crippen molar-refractivity contribution in [3.63, 3.8) is 0 Å². The highest BCUT2D eigenvalue weighted by molar-refractivity contribution is 14.1. The Hall–Kier alpha value is -0.780. The zero-order chi connectivity index (χ0) is 13.0. The first kappa shape index (κ1) is 13.6. The van der Waals surface area contributed by atoms with Crippen molar-refractivity contribution in [3.05, 3.63) is 21.8 Å². The van der Waals surface area contributed by atoms with Gasteiger partial charge in [-0.15, -0.1) is 0 Å². The van der Waals surface area contributed by atoms with Crippen LogP contribution in [0.1, 0.15) is 32.1 Å². The maximum atomic E-state index is 12.1. The molecule has 0 saturated heterocycles. The number of hydrogen-bond acceptors (Lipinski definition) is 2.